The lowest BCUT2D eigenvalue weighted by Gasteiger charge is -2.11. The standard InChI is InChI=1S/C9H14N2O3/c1-6(2)7(4-10)9(13)11-5-8(12)14-3/h6-7H,5H2,1-3H3,(H,11,13). The molecule has 0 aliphatic rings. The molecule has 0 aromatic carbocycles. The molecule has 0 aromatic heterocycles. The quantitative estimate of drug-likeness (QED) is 0.648. The van der Waals surface area contributed by atoms with Crippen molar-refractivity contribution in [3.8, 4) is 6.07 Å². The van der Waals surface area contributed by atoms with Crippen LogP contribution in [0, 0.1) is 23.2 Å². The van der Waals surface area contributed by atoms with E-state index in [4.69, 9.17) is 5.26 Å². The second-order valence-electron chi connectivity index (χ2n) is 3.14. The van der Waals surface area contributed by atoms with Crippen molar-refractivity contribution in [1.29, 1.82) is 5.26 Å². The van der Waals surface area contributed by atoms with E-state index >= 15 is 0 Å². The molecule has 0 rings (SSSR count). The van der Waals surface area contributed by atoms with Gasteiger partial charge in [0, 0.05) is 0 Å². The first kappa shape index (κ1) is 12.4. The van der Waals surface area contributed by atoms with E-state index in [-0.39, 0.29) is 12.5 Å². The Hall–Kier alpha value is -1.57. The Morgan fingerprint density at radius 3 is 2.43 bits per heavy atom. The van der Waals surface area contributed by atoms with Gasteiger partial charge in [0.05, 0.1) is 13.2 Å². The zero-order valence-electron chi connectivity index (χ0n) is 8.53. The van der Waals surface area contributed by atoms with Crippen LogP contribution in [-0.4, -0.2) is 25.5 Å². The summed E-state index contributed by atoms with van der Waals surface area (Å²) in [5, 5.41) is 11.0. The lowest BCUT2D eigenvalue weighted by molar-refractivity contribution is -0.141. The number of amides is 1. The van der Waals surface area contributed by atoms with Crippen LogP contribution >= 0.6 is 0 Å². The normalized spacial score (nSPS) is 11.6. The van der Waals surface area contributed by atoms with Gasteiger partial charge in [-0.2, -0.15) is 5.26 Å². The summed E-state index contributed by atoms with van der Waals surface area (Å²) >= 11 is 0. The van der Waals surface area contributed by atoms with E-state index in [1.807, 2.05) is 6.07 Å². The maximum Gasteiger partial charge on any atom is 0.325 e. The number of nitrogens with one attached hydrogen (secondary N) is 1. The minimum absolute atomic E-state index is 0.0716. The molecule has 0 aliphatic carbocycles. The summed E-state index contributed by atoms with van der Waals surface area (Å²) in [6.45, 7) is 3.34. The topological polar surface area (TPSA) is 79.2 Å². The van der Waals surface area contributed by atoms with Gasteiger partial charge in [-0.25, -0.2) is 0 Å². The lowest BCUT2D eigenvalue weighted by Crippen LogP contribution is -2.36. The molecule has 78 valence electrons. The fourth-order valence-electron chi connectivity index (χ4n) is 0.852. The van der Waals surface area contributed by atoms with Crippen molar-refractivity contribution in [3.05, 3.63) is 0 Å². The van der Waals surface area contributed by atoms with E-state index in [0.717, 1.165) is 0 Å². The number of carbonyl (C=O) groups is 2. The van der Waals surface area contributed by atoms with Crippen molar-refractivity contribution in [3.63, 3.8) is 0 Å². The van der Waals surface area contributed by atoms with Crippen molar-refractivity contribution in [1.82, 2.24) is 5.32 Å². The molecule has 0 heterocycles. The van der Waals surface area contributed by atoms with Gasteiger partial charge < -0.3 is 10.1 Å². The number of methoxy groups -OCH3 is 1. The van der Waals surface area contributed by atoms with Crippen LogP contribution in [-0.2, 0) is 14.3 Å². The number of esters is 1. The third kappa shape index (κ3) is 3.90. The van der Waals surface area contributed by atoms with E-state index in [2.05, 4.69) is 10.1 Å². The predicted octanol–water partition coefficient (Wildman–Crippen LogP) is 0.0714. The maximum atomic E-state index is 11.3. The third-order valence-electron chi connectivity index (χ3n) is 1.72. The van der Waals surface area contributed by atoms with Crippen LogP contribution in [0.2, 0.25) is 0 Å². The minimum atomic E-state index is -0.723. The first-order chi connectivity index (χ1) is 6.52. The third-order valence-corrected chi connectivity index (χ3v) is 1.72. The lowest BCUT2D eigenvalue weighted by atomic mass is 9.97. The Labute approximate surface area is 83.0 Å². The van der Waals surface area contributed by atoms with Crippen molar-refractivity contribution in [2.75, 3.05) is 13.7 Å². The van der Waals surface area contributed by atoms with E-state index < -0.39 is 17.8 Å². The Morgan fingerprint density at radius 1 is 1.50 bits per heavy atom. The first-order valence-corrected chi connectivity index (χ1v) is 4.27. The number of nitriles is 1. The number of ether oxygens (including phenoxy) is 1. The minimum Gasteiger partial charge on any atom is -0.468 e. The fraction of sp³-hybridized carbons (Fsp3) is 0.667. The molecular weight excluding hydrogens is 184 g/mol. The first-order valence-electron chi connectivity index (χ1n) is 4.27. The number of hydrogen-bond acceptors (Lipinski definition) is 4. The van der Waals surface area contributed by atoms with Crippen LogP contribution in [0.4, 0.5) is 0 Å². The zero-order valence-corrected chi connectivity index (χ0v) is 8.53. The van der Waals surface area contributed by atoms with Gasteiger partial charge in [0.15, 0.2) is 0 Å². The van der Waals surface area contributed by atoms with E-state index in [1.54, 1.807) is 13.8 Å². The van der Waals surface area contributed by atoms with Gasteiger partial charge in [0.25, 0.3) is 0 Å². The Bertz CT molecular complexity index is 255. The largest absolute Gasteiger partial charge is 0.468 e. The highest BCUT2D eigenvalue weighted by Crippen LogP contribution is 2.08. The van der Waals surface area contributed by atoms with Crippen LogP contribution in [0.1, 0.15) is 13.8 Å². The molecule has 1 unspecified atom stereocenters. The Kier molecular flexibility index (Phi) is 5.30. The van der Waals surface area contributed by atoms with Gasteiger partial charge >= 0.3 is 5.97 Å². The average Bonchev–Trinajstić information content (AvgIpc) is 2.14. The van der Waals surface area contributed by atoms with Crippen LogP contribution in [0.25, 0.3) is 0 Å². The molecule has 5 heteroatoms. The molecule has 0 fully saturated rings. The predicted molar refractivity (Wildman–Crippen MR) is 49.0 cm³/mol. The van der Waals surface area contributed by atoms with Gasteiger partial charge in [-0.05, 0) is 5.92 Å². The van der Waals surface area contributed by atoms with Gasteiger partial charge in [-0.1, -0.05) is 13.8 Å². The number of nitrogens with zero attached hydrogens (tertiary/aromatic N) is 1. The second kappa shape index (κ2) is 5.97. The highest BCUT2D eigenvalue weighted by Gasteiger charge is 2.21. The fourth-order valence-corrected chi connectivity index (χ4v) is 0.852. The van der Waals surface area contributed by atoms with Crippen molar-refractivity contribution in [2.24, 2.45) is 11.8 Å². The Morgan fingerprint density at radius 2 is 2.07 bits per heavy atom. The molecule has 0 saturated heterocycles. The summed E-state index contributed by atoms with van der Waals surface area (Å²) < 4.78 is 4.34. The molecular formula is C9H14N2O3. The van der Waals surface area contributed by atoms with Crippen molar-refractivity contribution in [2.45, 2.75) is 13.8 Å². The summed E-state index contributed by atoms with van der Waals surface area (Å²) in [6, 6.07) is 1.88. The molecule has 14 heavy (non-hydrogen) atoms. The molecule has 5 nitrogen and oxygen atoms in total. The maximum absolute atomic E-state index is 11.3. The van der Waals surface area contributed by atoms with Crippen LogP contribution in [0.15, 0.2) is 0 Å². The van der Waals surface area contributed by atoms with Crippen molar-refractivity contribution < 1.29 is 14.3 Å². The summed E-state index contributed by atoms with van der Waals surface area (Å²) in [5.74, 6) is -1.76. The number of hydrogen-bond donors (Lipinski definition) is 1. The van der Waals surface area contributed by atoms with E-state index in [0.29, 0.717) is 0 Å². The SMILES string of the molecule is COC(=O)CNC(=O)C(C#N)C(C)C. The van der Waals surface area contributed by atoms with Gasteiger partial charge in [-0.3, -0.25) is 9.59 Å². The smallest absolute Gasteiger partial charge is 0.325 e. The summed E-state index contributed by atoms with van der Waals surface area (Å²) in [4.78, 5) is 22.0. The molecule has 0 bridgehead atoms. The monoisotopic (exact) mass is 198 g/mol. The number of carbonyl (C=O) groups excluding carboxylic acids is 2. The molecule has 0 aliphatic heterocycles. The molecule has 0 aromatic rings. The molecule has 1 atom stereocenters. The molecule has 0 saturated carbocycles. The zero-order chi connectivity index (χ0) is 11.1. The average molecular weight is 198 g/mol. The Balaban J connectivity index is 4.08. The summed E-state index contributed by atoms with van der Waals surface area (Å²) in [5.41, 5.74) is 0. The van der Waals surface area contributed by atoms with Crippen LogP contribution in [0.3, 0.4) is 0 Å². The van der Waals surface area contributed by atoms with Crippen LogP contribution in [0.5, 0.6) is 0 Å². The molecule has 0 radical (unpaired) electrons. The van der Waals surface area contributed by atoms with Gasteiger partial charge in [0.2, 0.25) is 5.91 Å². The van der Waals surface area contributed by atoms with Crippen molar-refractivity contribution >= 4 is 11.9 Å². The van der Waals surface area contributed by atoms with E-state index in [1.165, 1.54) is 7.11 Å². The summed E-state index contributed by atoms with van der Waals surface area (Å²) in [6.07, 6.45) is 0. The molecule has 1 N–H and O–H groups in total. The van der Waals surface area contributed by atoms with E-state index in [9.17, 15) is 9.59 Å². The van der Waals surface area contributed by atoms with Gasteiger partial charge in [0.1, 0.15) is 12.5 Å². The highest BCUT2D eigenvalue weighted by molar-refractivity contribution is 5.85. The molecule has 1 amide bonds. The highest BCUT2D eigenvalue weighted by atomic mass is 16.5. The van der Waals surface area contributed by atoms with Crippen LogP contribution < -0.4 is 5.32 Å². The van der Waals surface area contributed by atoms with Gasteiger partial charge in [-0.15, -0.1) is 0 Å². The molecule has 0 spiro atoms. The number of rotatable bonds is 4. The summed E-state index contributed by atoms with van der Waals surface area (Å²) in [7, 11) is 1.23. The second-order valence-corrected chi connectivity index (χ2v) is 3.14.